The third-order valence-corrected chi connectivity index (χ3v) is 5.82. The van der Waals surface area contributed by atoms with E-state index in [-0.39, 0.29) is 6.04 Å². The monoisotopic (exact) mass is 311 g/mol. The number of nitrogen functional groups attached to an aromatic ring is 1. The molecule has 2 rings (SSSR count). The fraction of sp³-hybridized carbons (Fsp3) is 0.600. The Bertz CT molecular complexity index is 549. The summed E-state index contributed by atoms with van der Waals surface area (Å²) in [6.45, 7) is 6.39. The van der Waals surface area contributed by atoms with Crippen LogP contribution in [0.2, 0.25) is 0 Å². The summed E-state index contributed by atoms with van der Waals surface area (Å²) in [5.41, 5.74) is 6.22. The van der Waals surface area contributed by atoms with E-state index < -0.39 is 10.0 Å². The topological polar surface area (TPSA) is 75.4 Å². The molecule has 1 unspecified atom stereocenters. The number of anilines is 1. The van der Waals surface area contributed by atoms with Gasteiger partial charge in [-0.15, -0.1) is 0 Å². The Balaban J connectivity index is 2.26. The number of benzene rings is 1. The third kappa shape index (κ3) is 3.96. The number of nitrogens with two attached hydrogens (primary N) is 1. The molecule has 0 aliphatic carbocycles. The van der Waals surface area contributed by atoms with Gasteiger partial charge in [0.05, 0.1) is 4.90 Å². The molecular weight excluding hydrogens is 286 g/mol. The summed E-state index contributed by atoms with van der Waals surface area (Å²) < 4.78 is 27.5. The Kier molecular flexibility index (Phi) is 5.24. The predicted octanol–water partition coefficient (Wildman–Crippen LogP) is 1.67. The molecule has 1 aliphatic heterocycles. The molecule has 5 nitrogen and oxygen atoms in total. The number of nitrogens with zero attached hydrogens (tertiary/aromatic N) is 1. The van der Waals surface area contributed by atoms with Crippen LogP contribution < -0.4 is 11.1 Å². The maximum atomic E-state index is 12.9. The molecule has 118 valence electrons. The fourth-order valence-corrected chi connectivity index (χ4v) is 4.21. The van der Waals surface area contributed by atoms with E-state index in [9.17, 15) is 8.42 Å². The van der Waals surface area contributed by atoms with Crippen molar-refractivity contribution in [2.75, 3.05) is 25.4 Å². The van der Waals surface area contributed by atoms with Crippen molar-refractivity contribution in [2.24, 2.45) is 5.92 Å². The van der Waals surface area contributed by atoms with Crippen molar-refractivity contribution in [1.29, 1.82) is 0 Å². The van der Waals surface area contributed by atoms with Gasteiger partial charge in [-0.05, 0) is 49.6 Å². The van der Waals surface area contributed by atoms with Crippen LogP contribution in [0.4, 0.5) is 5.69 Å². The van der Waals surface area contributed by atoms with Gasteiger partial charge in [-0.1, -0.05) is 13.8 Å². The zero-order chi connectivity index (χ0) is 15.5. The predicted molar refractivity (Wildman–Crippen MR) is 85.5 cm³/mol. The summed E-state index contributed by atoms with van der Waals surface area (Å²) in [5.74, 6) is 0.475. The van der Waals surface area contributed by atoms with E-state index in [0.717, 1.165) is 25.9 Å². The number of hydrogen-bond donors (Lipinski definition) is 2. The van der Waals surface area contributed by atoms with Gasteiger partial charge in [-0.3, -0.25) is 0 Å². The Morgan fingerprint density at radius 1 is 1.33 bits per heavy atom. The van der Waals surface area contributed by atoms with Gasteiger partial charge in [0.15, 0.2) is 0 Å². The van der Waals surface area contributed by atoms with E-state index in [1.807, 2.05) is 0 Å². The lowest BCUT2D eigenvalue weighted by Gasteiger charge is -2.28. The lowest BCUT2D eigenvalue weighted by atomic mass is 10.1. The van der Waals surface area contributed by atoms with Crippen LogP contribution in [0.15, 0.2) is 29.2 Å². The SMILES string of the molecule is CC(C)CCN(C1CCNC1)S(=O)(=O)c1ccc(N)cc1. The minimum atomic E-state index is -3.46. The average molecular weight is 311 g/mol. The number of nitrogens with one attached hydrogen (secondary N) is 1. The van der Waals surface area contributed by atoms with E-state index in [0.29, 0.717) is 23.0 Å². The highest BCUT2D eigenvalue weighted by Gasteiger charge is 2.32. The molecule has 1 fully saturated rings. The van der Waals surface area contributed by atoms with Crippen molar-refractivity contribution >= 4 is 15.7 Å². The highest BCUT2D eigenvalue weighted by atomic mass is 32.2. The van der Waals surface area contributed by atoms with Crippen LogP contribution in [-0.4, -0.2) is 38.4 Å². The van der Waals surface area contributed by atoms with Crippen molar-refractivity contribution in [1.82, 2.24) is 9.62 Å². The molecule has 1 aromatic carbocycles. The van der Waals surface area contributed by atoms with Gasteiger partial charge in [-0.25, -0.2) is 8.42 Å². The van der Waals surface area contributed by atoms with Crippen molar-refractivity contribution in [3.63, 3.8) is 0 Å². The second-order valence-electron chi connectivity index (χ2n) is 6.01. The first-order chi connectivity index (χ1) is 9.91. The molecule has 0 saturated carbocycles. The summed E-state index contributed by atoms with van der Waals surface area (Å²) >= 11 is 0. The van der Waals surface area contributed by atoms with Crippen LogP contribution >= 0.6 is 0 Å². The highest BCUT2D eigenvalue weighted by Crippen LogP contribution is 2.23. The molecule has 3 N–H and O–H groups in total. The van der Waals surface area contributed by atoms with Gasteiger partial charge in [0.1, 0.15) is 0 Å². The van der Waals surface area contributed by atoms with Crippen molar-refractivity contribution in [2.45, 2.75) is 37.6 Å². The van der Waals surface area contributed by atoms with E-state index in [1.165, 1.54) is 0 Å². The lowest BCUT2D eigenvalue weighted by molar-refractivity contribution is 0.315. The molecule has 1 atom stereocenters. The van der Waals surface area contributed by atoms with Crippen LogP contribution in [0.5, 0.6) is 0 Å². The second kappa shape index (κ2) is 6.77. The zero-order valence-corrected chi connectivity index (χ0v) is 13.6. The van der Waals surface area contributed by atoms with Gasteiger partial charge < -0.3 is 11.1 Å². The maximum Gasteiger partial charge on any atom is 0.243 e. The average Bonchev–Trinajstić information content (AvgIpc) is 2.92. The van der Waals surface area contributed by atoms with Crippen LogP contribution in [0.25, 0.3) is 0 Å². The Labute approximate surface area is 127 Å². The summed E-state index contributed by atoms with van der Waals surface area (Å²) in [7, 11) is -3.46. The van der Waals surface area contributed by atoms with Gasteiger partial charge in [0, 0.05) is 24.8 Å². The molecule has 0 amide bonds. The first kappa shape index (κ1) is 16.3. The van der Waals surface area contributed by atoms with Gasteiger partial charge in [0.2, 0.25) is 10.0 Å². The molecule has 0 bridgehead atoms. The summed E-state index contributed by atoms with van der Waals surface area (Å²) in [6.07, 6.45) is 1.73. The molecule has 1 heterocycles. The van der Waals surface area contributed by atoms with Crippen LogP contribution in [-0.2, 0) is 10.0 Å². The lowest BCUT2D eigenvalue weighted by Crippen LogP contribution is -2.42. The highest BCUT2D eigenvalue weighted by molar-refractivity contribution is 7.89. The van der Waals surface area contributed by atoms with Crippen LogP contribution in [0.3, 0.4) is 0 Å². The quantitative estimate of drug-likeness (QED) is 0.784. The molecule has 1 saturated heterocycles. The van der Waals surface area contributed by atoms with Crippen molar-refractivity contribution < 1.29 is 8.42 Å². The number of hydrogen-bond acceptors (Lipinski definition) is 4. The molecule has 6 heteroatoms. The summed E-state index contributed by atoms with van der Waals surface area (Å²) in [5, 5.41) is 3.25. The first-order valence-electron chi connectivity index (χ1n) is 7.49. The minimum Gasteiger partial charge on any atom is -0.399 e. The Morgan fingerprint density at radius 3 is 2.52 bits per heavy atom. The van der Waals surface area contributed by atoms with Gasteiger partial charge >= 0.3 is 0 Å². The molecule has 0 aromatic heterocycles. The molecule has 0 spiro atoms. The van der Waals surface area contributed by atoms with Gasteiger partial charge in [0.25, 0.3) is 0 Å². The van der Waals surface area contributed by atoms with Crippen LogP contribution in [0.1, 0.15) is 26.7 Å². The zero-order valence-electron chi connectivity index (χ0n) is 12.7. The van der Waals surface area contributed by atoms with E-state index >= 15 is 0 Å². The smallest absolute Gasteiger partial charge is 0.243 e. The van der Waals surface area contributed by atoms with Crippen molar-refractivity contribution in [3.8, 4) is 0 Å². The third-order valence-electron chi connectivity index (χ3n) is 3.86. The standard InChI is InChI=1S/C15H25N3O2S/c1-12(2)8-10-18(14-7-9-17-11-14)21(19,20)15-5-3-13(16)4-6-15/h3-6,12,14,17H,7-11,16H2,1-2H3. The first-order valence-corrected chi connectivity index (χ1v) is 8.93. The number of sulfonamides is 1. The normalized spacial score (nSPS) is 19.5. The molecular formula is C15H25N3O2S. The summed E-state index contributed by atoms with van der Waals surface area (Å²) in [6, 6.07) is 6.51. The number of rotatable bonds is 6. The minimum absolute atomic E-state index is 0.0475. The molecule has 21 heavy (non-hydrogen) atoms. The van der Waals surface area contributed by atoms with E-state index in [1.54, 1.807) is 28.6 Å². The Morgan fingerprint density at radius 2 is 2.00 bits per heavy atom. The van der Waals surface area contributed by atoms with Crippen molar-refractivity contribution in [3.05, 3.63) is 24.3 Å². The summed E-state index contributed by atoms with van der Waals surface area (Å²) in [4.78, 5) is 0.326. The van der Waals surface area contributed by atoms with E-state index in [4.69, 9.17) is 5.73 Å². The van der Waals surface area contributed by atoms with Gasteiger partial charge in [-0.2, -0.15) is 4.31 Å². The van der Waals surface area contributed by atoms with Crippen LogP contribution in [0, 0.1) is 5.92 Å². The fourth-order valence-electron chi connectivity index (χ4n) is 2.54. The molecule has 1 aliphatic rings. The Hall–Kier alpha value is -1.11. The van der Waals surface area contributed by atoms with E-state index in [2.05, 4.69) is 19.2 Å². The molecule has 1 aromatic rings. The largest absolute Gasteiger partial charge is 0.399 e. The molecule has 0 radical (unpaired) electrons. The maximum absolute atomic E-state index is 12.9. The second-order valence-corrected chi connectivity index (χ2v) is 7.90.